The SMILES string of the molecule is CN(CC(=O)O)C(=O)Cc1coc2ccc(F)cc12. The predicted molar refractivity (Wildman–Crippen MR) is 65.1 cm³/mol. The van der Waals surface area contributed by atoms with Crippen LogP contribution in [0.3, 0.4) is 0 Å². The average molecular weight is 265 g/mol. The number of hydrogen-bond donors (Lipinski definition) is 1. The highest BCUT2D eigenvalue weighted by atomic mass is 19.1. The maximum atomic E-state index is 13.1. The minimum Gasteiger partial charge on any atom is -0.480 e. The molecule has 0 bridgehead atoms. The first-order chi connectivity index (χ1) is 8.97. The van der Waals surface area contributed by atoms with E-state index in [-0.39, 0.29) is 18.9 Å². The summed E-state index contributed by atoms with van der Waals surface area (Å²) in [5, 5.41) is 9.13. The van der Waals surface area contributed by atoms with Crippen molar-refractivity contribution in [2.45, 2.75) is 6.42 Å². The third-order valence-corrected chi connectivity index (χ3v) is 2.76. The fourth-order valence-electron chi connectivity index (χ4n) is 1.78. The molecule has 1 N–H and O–H groups in total. The molecule has 6 heteroatoms. The van der Waals surface area contributed by atoms with E-state index in [4.69, 9.17) is 9.52 Å². The van der Waals surface area contributed by atoms with Crippen LogP contribution in [0.15, 0.2) is 28.9 Å². The topological polar surface area (TPSA) is 70.8 Å². The van der Waals surface area contributed by atoms with Crippen LogP contribution in [0.5, 0.6) is 0 Å². The van der Waals surface area contributed by atoms with Gasteiger partial charge in [-0.25, -0.2) is 4.39 Å². The summed E-state index contributed by atoms with van der Waals surface area (Å²) < 4.78 is 18.4. The molecule has 100 valence electrons. The molecular weight excluding hydrogens is 253 g/mol. The van der Waals surface area contributed by atoms with E-state index in [0.29, 0.717) is 16.5 Å². The Morgan fingerprint density at radius 3 is 2.84 bits per heavy atom. The lowest BCUT2D eigenvalue weighted by molar-refractivity contribution is -0.143. The van der Waals surface area contributed by atoms with Crippen LogP contribution in [0.1, 0.15) is 5.56 Å². The lowest BCUT2D eigenvalue weighted by Crippen LogP contribution is -2.32. The molecule has 0 aliphatic rings. The normalized spacial score (nSPS) is 10.6. The lowest BCUT2D eigenvalue weighted by Gasteiger charge is -2.13. The summed E-state index contributed by atoms with van der Waals surface area (Å²) in [4.78, 5) is 23.4. The molecule has 1 aromatic carbocycles. The summed E-state index contributed by atoms with van der Waals surface area (Å²) in [6.07, 6.45) is 1.36. The van der Waals surface area contributed by atoms with Gasteiger partial charge in [0.1, 0.15) is 17.9 Å². The van der Waals surface area contributed by atoms with Gasteiger partial charge in [0.25, 0.3) is 0 Å². The molecule has 0 radical (unpaired) electrons. The van der Waals surface area contributed by atoms with Gasteiger partial charge in [-0.15, -0.1) is 0 Å². The van der Waals surface area contributed by atoms with Gasteiger partial charge >= 0.3 is 5.97 Å². The fourth-order valence-corrected chi connectivity index (χ4v) is 1.78. The first kappa shape index (κ1) is 13.1. The molecule has 19 heavy (non-hydrogen) atoms. The summed E-state index contributed by atoms with van der Waals surface area (Å²) in [5.74, 6) is -1.87. The molecule has 0 saturated carbocycles. The molecule has 2 rings (SSSR count). The van der Waals surface area contributed by atoms with Gasteiger partial charge in [0.05, 0.1) is 12.7 Å². The number of rotatable bonds is 4. The summed E-state index contributed by atoms with van der Waals surface area (Å²) in [6.45, 7) is -0.372. The monoisotopic (exact) mass is 265 g/mol. The summed E-state index contributed by atoms with van der Waals surface area (Å²) in [6, 6.07) is 4.05. The first-order valence-electron chi connectivity index (χ1n) is 5.59. The standard InChI is InChI=1S/C13H12FNO4/c1-15(6-13(17)18)12(16)4-8-7-19-11-3-2-9(14)5-10(8)11/h2-3,5,7H,4,6H2,1H3,(H,17,18). The van der Waals surface area contributed by atoms with E-state index in [0.717, 1.165) is 4.90 Å². The van der Waals surface area contributed by atoms with Crippen molar-refractivity contribution in [3.8, 4) is 0 Å². The zero-order valence-corrected chi connectivity index (χ0v) is 10.2. The summed E-state index contributed by atoms with van der Waals surface area (Å²) in [7, 11) is 1.40. The van der Waals surface area contributed by atoms with Crippen LogP contribution in [0.25, 0.3) is 11.0 Å². The minimum atomic E-state index is -1.08. The third kappa shape index (κ3) is 2.90. The van der Waals surface area contributed by atoms with Crippen LogP contribution in [0, 0.1) is 5.82 Å². The number of nitrogens with zero attached hydrogens (tertiary/aromatic N) is 1. The molecule has 0 fully saturated rings. The minimum absolute atomic E-state index is 0.0275. The molecule has 1 aromatic heterocycles. The van der Waals surface area contributed by atoms with Crippen molar-refractivity contribution in [2.75, 3.05) is 13.6 Å². The van der Waals surface area contributed by atoms with Crippen LogP contribution in [-0.2, 0) is 16.0 Å². The Labute approximate surface area is 108 Å². The number of aliphatic carboxylic acids is 1. The summed E-state index contributed by atoms with van der Waals surface area (Å²) in [5.41, 5.74) is 1.03. The van der Waals surface area contributed by atoms with Crippen LogP contribution in [-0.4, -0.2) is 35.5 Å². The lowest BCUT2D eigenvalue weighted by atomic mass is 10.1. The van der Waals surface area contributed by atoms with Gasteiger partial charge in [-0.2, -0.15) is 0 Å². The van der Waals surface area contributed by atoms with E-state index in [1.54, 1.807) is 0 Å². The van der Waals surface area contributed by atoms with E-state index >= 15 is 0 Å². The van der Waals surface area contributed by atoms with Crippen molar-refractivity contribution in [2.24, 2.45) is 0 Å². The second kappa shape index (κ2) is 5.09. The van der Waals surface area contributed by atoms with Crippen molar-refractivity contribution in [3.63, 3.8) is 0 Å². The predicted octanol–water partition coefficient (Wildman–Crippen LogP) is 1.66. The van der Waals surface area contributed by atoms with E-state index in [9.17, 15) is 14.0 Å². The average Bonchev–Trinajstić information content (AvgIpc) is 2.71. The zero-order chi connectivity index (χ0) is 14.0. The quantitative estimate of drug-likeness (QED) is 0.912. The van der Waals surface area contributed by atoms with Gasteiger partial charge in [0.15, 0.2) is 0 Å². The molecule has 0 atom stereocenters. The second-order valence-electron chi connectivity index (χ2n) is 4.22. The number of amides is 1. The maximum absolute atomic E-state index is 13.1. The van der Waals surface area contributed by atoms with Gasteiger partial charge in [-0.05, 0) is 18.2 Å². The second-order valence-corrected chi connectivity index (χ2v) is 4.22. The molecule has 2 aromatic rings. The number of carbonyl (C=O) groups excluding carboxylic acids is 1. The molecule has 0 aliphatic heterocycles. The molecule has 0 spiro atoms. The summed E-state index contributed by atoms with van der Waals surface area (Å²) >= 11 is 0. The third-order valence-electron chi connectivity index (χ3n) is 2.76. The van der Waals surface area contributed by atoms with E-state index < -0.39 is 11.8 Å². The molecule has 5 nitrogen and oxygen atoms in total. The Morgan fingerprint density at radius 1 is 1.42 bits per heavy atom. The fraction of sp³-hybridized carbons (Fsp3) is 0.231. The molecule has 0 aliphatic carbocycles. The highest BCUT2D eigenvalue weighted by molar-refractivity contribution is 5.88. The largest absolute Gasteiger partial charge is 0.480 e. The van der Waals surface area contributed by atoms with Crippen molar-refractivity contribution in [3.05, 3.63) is 35.8 Å². The number of furan rings is 1. The number of hydrogen-bond acceptors (Lipinski definition) is 3. The van der Waals surface area contributed by atoms with E-state index in [1.807, 2.05) is 0 Å². The Hall–Kier alpha value is -2.37. The number of carboxylic acids is 1. The molecule has 0 saturated heterocycles. The number of likely N-dealkylation sites (N-methyl/N-ethyl adjacent to an activating group) is 1. The van der Waals surface area contributed by atoms with Gasteiger partial charge in [0.2, 0.25) is 5.91 Å². The van der Waals surface area contributed by atoms with Crippen LogP contribution in [0.4, 0.5) is 4.39 Å². The van der Waals surface area contributed by atoms with Crippen LogP contribution >= 0.6 is 0 Å². The van der Waals surface area contributed by atoms with Crippen molar-refractivity contribution < 1.29 is 23.5 Å². The van der Waals surface area contributed by atoms with E-state index in [1.165, 1.54) is 31.5 Å². The molecular formula is C13H12FNO4. The number of fused-ring (bicyclic) bond motifs is 1. The molecule has 0 unspecified atom stereocenters. The number of carboxylic acid groups (broad SMARTS) is 1. The molecule has 1 amide bonds. The Morgan fingerprint density at radius 2 is 2.16 bits per heavy atom. The van der Waals surface area contributed by atoms with Crippen molar-refractivity contribution in [1.29, 1.82) is 0 Å². The smallest absolute Gasteiger partial charge is 0.323 e. The Balaban J connectivity index is 2.19. The molecule has 1 heterocycles. The first-order valence-corrected chi connectivity index (χ1v) is 5.59. The van der Waals surface area contributed by atoms with Crippen molar-refractivity contribution >= 4 is 22.8 Å². The van der Waals surface area contributed by atoms with Gasteiger partial charge in [-0.1, -0.05) is 0 Å². The zero-order valence-electron chi connectivity index (χ0n) is 10.2. The number of benzene rings is 1. The number of carbonyl (C=O) groups is 2. The Kier molecular flexibility index (Phi) is 3.50. The van der Waals surface area contributed by atoms with Gasteiger partial charge < -0.3 is 14.4 Å². The highest BCUT2D eigenvalue weighted by Crippen LogP contribution is 2.22. The van der Waals surface area contributed by atoms with Crippen LogP contribution < -0.4 is 0 Å². The highest BCUT2D eigenvalue weighted by Gasteiger charge is 2.16. The van der Waals surface area contributed by atoms with Gasteiger partial charge in [-0.3, -0.25) is 9.59 Å². The van der Waals surface area contributed by atoms with E-state index in [2.05, 4.69) is 0 Å². The Bertz CT molecular complexity index is 635. The number of halogens is 1. The van der Waals surface area contributed by atoms with Crippen molar-refractivity contribution in [1.82, 2.24) is 4.90 Å². The van der Waals surface area contributed by atoms with Crippen LogP contribution in [0.2, 0.25) is 0 Å². The van der Waals surface area contributed by atoms with Gasteiger partial charge in [0, 0.05) is 18.0 Å². The maximum Gasteiger partial charge on any atom is 0.323 e.